The average Bonchev–Trinajstić information content (AvgIpc) is 2.59. The van der Waals surface area contributed by atoms with Crippen LogP contribution in [0.3, 0.4) is 0 Å². The molecule has 114 valence electrons. The summed E-state index contributed by atoms with van der Waals surface area (Å²) in [4.78, 5) is 16.5. The number of carbonyl (C=O) groups is 1. The summed E-state index contributed by atoms with van der Waals surface area (Å²) in [7, 11) is 0. The van der Waals surface area contributed by atoms with Crippen molar-refractivity contribution in [2.45, 2.75) is 16.8 Å². The first-order valence-electron chi connectivity index (χ1n) is 7.13. The Kier molecular flexibility index (Phi) is 4.79. The molecule has 1 heterocycles. The van der Waals surface area contributed by atoms with Crippen molar-refractivity contribution >= 4 is 29.6 Å². The first kappa shape index (κ1) is 15.8. The van der Waals surface area contributed by atoms with Crippen LogP contribution in [0, 0.1) is 6.92 Å². The molecule has 3 aromatic rings. The van der Waals surface area contributed by atoms with Crippen LogP contribution in [-0.4, -0.2) is 11.3 Å². The normalized spacial score (nSPS) is 10.5. The number of pyridine rings is 1. The van der Waals surface area contributed by atoms with E-state index in [1.807, 2.05) is 61.5 Å². The molecule has 0 spiro atoms. The fourth-order valence-electron chi connectivity index (χ4n) is 2.28. The maximum absolute atomic E-state index is 11.4. The fourth-order valence-corrected chi connectivity index (χ4v) is 3.65. The molecule has 0 aliphatic heterocycles. The Morgan fingerprint density at radius 2 is 1.83 bits per heavy atom. The highest BCUT2D eigenvalue weighted by atomic mass is 35.5. The summed E-state index contributed by atoms with van der Waals surface area (Å²) in [6.07, 6.45) is 2.58. The van der Waals surface area contributed by atoms with Gasteiger partial charge in [-0.05, 0) is 30.2 Å². The first-order chi connectivity index (χ1) is 11.2. The predicted molar refractivity (Wildman–Crippen MR) is 95.4 cm³/mol. The molecule has 0 atom stereocenters. The van der Waals surface area contributed by atoms with Gasteiger partial charge in [-0.3, -0.25) is 4.79 Å². The third-order valence-electron chi connectivity index (χ3n) is 3.50. The number of aromatic nitrogens is 1. The second-order valence-electron chi connectivity index (χ2n) is 5.06. The highest BCUT2D eigenvalue weighted by Crippen LogP contribution is 2.41. The lowest BCUT2D eigenvalue weighted by molar-refractivity contribution is 0.112. The van der Waals surface area contributed by atoms with Crippen LogP contribution in [0.5, 0.6) is 0 Å². The van der Waals surface area contributed by atoms with Gasteiger partial charge in [-0.2, -0.15) is 0 Å². The molecule has 23 heavy (non-hydrogen) atoms. The Morgan fingerprint density at radius 1 is 1.04 bits per heavy atom. The molecule has 4 heteroatoms. The summed E-state index contributed by atoms with van der Waals surface area (Å²) >= 11 is 8.05. The van der Waals surface area contributed by atoms with E-state index in [1.54, 1.807) is 6.20 Å². The molecular weight excluding hydrogens is 326 g/mol. The van der Waals surface area contributed by atoms with Gasteiger partial charge in [0, 0.05) is 22.2 Å². The Bertz CT molecular complexity index is 849. The monoisotopic (exact) mass is 339 g/mol. The summed E-state index contributed by atoms with van der Waals surface area (Å²) in [6, 6.07) is 17.5. The van der Waals surface area contributed by atoms with Crippen molar-refractivity contribution in [2.75, 3.05) is 0 Å². The maximum atomic E-state index is 11.4. The number of nitrogens with zero attached hydrogens (tertiary/aromatic N) is 1. The van der Waals surface area contributed by atoms with E-state index in [4.69, 9.17) is 11.6 Å². The number of carbonyl (C=O) groups excluding carboxylic acids is 1. The largest absolute Gasteiger partial charge is 0.298 e. The fraction of sp³-hybridized carbons (Fsp3) is 0.0526. The zero-order valence-electron chi connectivity index (χ0n) is 12.5. The summed E-state index contributed by atoms with van der Waals surface area (Å²) in [6.45, 7) is 1.99. The van der Waals surface area contributed by atoms with E-state index in [9.17, 15) is 4.79 Å². The highest BCUT2D eigenvalue weighted by molar-refractivity contribution is 7.99. The number of benzene rings is 2. The zero-order chi connectivity index (χ0) is 16.2. The Labute approximate surface area is 144 Å². The molecule has 0 amide bonds. The van der Waals surface area contributed by atoms with Crippen LogP contribution >= 0.6 is 23.4 Å². The van der Waals surface area contributed by atoms with Gasteiger partial charge >= 0.3 is 0 Å². The molecule has 0 aliphatic carbocycles. The van der Waals surface area contributed by atoms with Gasteiger partial charge < -0.3 is 0 Å². The third kappa shape index (κ3) is 3.31. The van der Waals surface area contributed by atoms with Gasteiger partial charge in [-0.25, -0.2) is 4.98 Å². The predicted octanol–water partition coefficient (Wildman–Crippen LogP) is 5.67. The number of aldehydes is 1. The number of hydrogen-bond donors (Lipinski definition) is 0. The summed E-state index contributed by atoms with van der Waals surface area (Å²) in [5, 5.41) is 1.43. The van der Waals surface area contributed by atoms with Crippen LogP contribution in [0.1, 0.15) is 15.9 Å². The van der Waals surface area contributed by atoms with Crippen LogP contribution in [0.4, 0.5) is 0 Å². The summed E-state index contributed by atoms with van der Waals surface area (Å²) in [5.74, 6) is 0. The molecule has 2 nitrogen and oxygen atoms in total. The Hall–Kier alpha value is -2.10. The van der Waals surface area contributed by atoms with E-state index in [0.29, 0.717) is 10.6 Å². The van der Waals surface area contributed by atoms with Gasteiger partial charge in [0.05, 0.1) is 5.02 Å². The van der Waals surface area contributed by atoms with E-state index in [-0.39, 0.29) is 0 Å². The van der Waals surface area contributed by atoms with Gasteiger partial charge in [-0.15, -0.1) is 0 Å². The van der Waals surface area contributed by atoms with Crippen molar-refractivity contribution in [3.63, 3.8) is 0 Å². The van der Waals surface area contributed by atoms with E-state index in [1.165, 1.54) is 11.8 Å². The molecule has 0 saturated heterocycles. The molecule has 0 radical (unpaired) electrons. The molecule has 3 rings (SSSR count). The van der Waals surface area contributed by atoms with Gasteiger partial charge in [0.15, 0.2) is 6.29 Å². The smallest absolute Gasteiger partial charge is 0.151 e. The van der Waals surface area contributed by atoms with Crippen molar-refractivity contribution in [1.29, 1.82) is 0 Å². The van der Waals surface area contributed by atoms with Crippen molar-refractivity contribution in [3.8, 4) is 11.1 Å². The molecule has 0 fully saturated rings. The molecule has 0 unspecified atom stereocenters. The SMILES string of the molecule is Cc1cccnc1Sc1c(C=O)ccc(-c2ccccc2)c1Cl. The molecule has 2 aromatic carbocycles. The lowest BCUT2D eigenvalue weighted by Gasteiger charge is -2.12. The van der Waals surface area contributed by atoms with Crippen molar-refractivity contribution in [3.05, 3.63) is 76.9 Å². The minimum Gasteiger partial charge on any atom is -0.298 e. The number of rotatable bonds is 4. The quantitative estimate of drug-likeness (QED) is 0.573. The van der Waals surface area contributed by atoms with Crippen LogP contribution in [-0.2, 0) is 0 Å². The van der Waals surface area contributed by atoms with E-state index in [2.05, 4.69) is 4.98 Å². The zero-order valence-corrected chi connectivity index (χ0v) is 14.1. The van der Waals surface area contributed by atoms with Gasteiger partial charge in [-0.1, -0.05) is 65.8 Å². The van der Waals surface area contributed by atoms with Crippen LogP contribution in [0.2, 0.25) is 5.02 Å². The number of aryl methyl sites for hydroxylation is 1. The standard InChI is InChI=1S/C19H14ClNOS/c1-13-6-5-11-21-19(13)23-18-15(12-22)9-10-16(17(18)20)14-7-3-2-4-8-14/h2-12H,1H3. The molecule has 0 bridgehead atoms. The molecular formula is C19H14ClNOS. The van der Waals surface area contributed by atoms with Crippen LogP contribution < -0.4 is 0 Å². The lowest BCUT2D eigenvalue weighted by Crippen LogP contribution is -1.92. The molecule has 1 aromatic heterocycles. The lowest BCUT2D eigenvalue weighted by atomic mass is 10.0. The number of hydrogen-bond acceptors (Lipinski definition) is 3. The Morgan fingerprint density at radius 3 is 2.52 bits per heavy atom. The van der Waals surface area contributed by atoms with Crippen molar-refractivity contribution in [1.82, 2.24) is 4.98 Å². The Balaban J connectivity index is 2.11. The van der Waals surface area contributed by atoms with Crippen LogP contribution in [0.15, 0.2) is 70.7 Å². The van der Waals surface area contributed by atoms with Crippen molar-refractivity contribution < 1.29 is 4.79 Å². The van der Waals surface area contributed by atoms with Gasteiger partial charge in [0.25, 0.3) is 0 Å². The van der Waals surface area contributed by atoms with E-state index >= 15 is 0 Å². The van der Waals surface area contributed by atoms with Crippen molar-refractivity contribution in [2.24, 2.45) is 0 Å². The first-order valence-corrected chi connectivity index (χ1v) is 8.32. The molecule has 0 aliphatic rings. The topological polar surface area (TPSA) is 30.0 Å². The molecule has 0 saturated carbocycles. The van der Waals surface area contributed by atoms with Gasteiger partial charge in [0.1, 0.15) is 5.03 Å². The van der Waals surface area contributed by atoms with Crippen LogP contribution in [0.25, 0.3) is 11.1 Å². The summed E-state index contributed by atoms with van der Waals surface area (Å²) < 4.78 is 0. The van der Waals surface area contributed by atoms with E-state index in [0.717, 1.165) is 32.9 Å². The maximum Gasteiger partial charge on any atom is 0.151 e. The number of halogens is 1. The second kappa shape index (κ2) is 6.99. The average molecular weight is 340 g/mol. The third-order valence-corrected chi connectivity index (χ3v) is 5.27. The minimum atomic E-state index is 0.574. The molecule has 0 N–H and O–H groups in total. The minimum absolute atomic E-state index is 0.574. The second-order valence-corrected chi connectivity index (χ2v) is 6.43. The summed E-state index contributed by atoms with van der Waals surface area (Å²) in [5.41, 5.74) is 3.56. The van der Waals surface area contributed by atoms with Gasteiger partial charge in [0.2, 0.25) is 0 Å². The van der Waals surface area contributed by atoms with E-state index < -0.39 is 0 Å². The highest BCUT2D eigenvalue weighted by Gasteiger charge is 2.15.